The minimum Gasteiger partial charge on any atom is -0.457 e. The van der Waals surface area contributed by atoms with E-state index >= 15 is 0 Å². The number of allylic oxidation sites excluding steroid dienone is 10. The van der Waals surface area contributed by atoms with Crippen LogP contribution in [0.5, 0.6) is 0 Å². The summed E-state index contributed by atoms with van der Waals surface area (Å²) in [6.45, 7) is 5.45. The van der Waals surface area contributed by atoms with Crippen molar-refractivity contribution in [3.8, 4) is 0 Å². The average molecular weight is 809 g/mol. The van der Waals surface area contributed by atoms with Gasteiger partial charge in [-0.3, -0.25) is 13.8 Å². The predicted octanol–water partition coefficient (Wildman–Crippen LogP) is 13.3. The van der Waals surface area contributed by atoms with Gasteiger partial charge in [-0.2, -0.15) is 0 Å². The van der Waals surface area contributed by atoms with Gasteiger partial charge in [-0.25, -0.2) is 4.57 Å². The Morgan fingerprint density at radius 3 is 1.55 bits per heavy atom. The maximum Gasteiger partial charge on any atom is 0.472 e. The fraction of sp³-hybridized carbons (Fsp3) is 0.766. The van der Waals surface area contributed by atoms with Crippen molar-refractivity contribution in [2.75, 3.05) is 54.1 Å². The van der Waals surface area contributed by atoms with E-state index in [1.165, 1.54) is 83.5 Å². The lowest BCUT2D eigenvalue weighted by Gasteiger charge is -2.24. The van der Waals surface area contributed by atoms with Crippen LogP contribution in [0.1, 0.15) is 174 Å². The molecule has 0 bridgehead atoms. The summed E-state index contributed by atoms with van der Waals surface area (Å²) in [5.74, 6) is -0.330. The number of carbonyl (C=O) groups excluding carboxylic acids is 1. The molecule has 0 heterocycles. The summed E-state index contributed by atoms with van der Waals surface area (Å²) in [7, 11) is 1.64. The summed E-state index contributed by atoms with van der Waals surface area (Å²) >= 11 is 0. The van der Waals surface area contributed by atoms with Crippen molar-refractivity contribution >= 4 is 13.8 Å². The Labute approximate surface area is 345 Å². The SMILES string of the molecule is CC/C=C\C/C=C\C/C=C\CCCCCCCCCC(=O)OC(COCCCCCCCC/C=C\C/C=C\CCCCCC)COP(=O)(O)OCC[N+](C)(C)C. The van der Waals surface area contributed by atoms with E-state index in [9.17, 15) is 14.3 Å². The molecule has 326 valence electrons. The number of esters is 1. The molecular formula is C47H87NO7P+. The maximum absolute atomic E-state index is 12.7. The van der Waals surface area contributed by atoms with Gasteiger partial charge in [0.05, 0.1) is 34.4 Å². The number of ether oxygens (including phenoxy) is 2. The van der Waals surface area contributed by atoms with Crippen molar-refractivity contribution in [1.29, 1.82) is 0 Å². The first kappa shape index (κ1) is 54.2. The Morgan fingerprint density at radius 1 is 0.571 bits per heavy atom. The highest BCUT2D eigenvalue weighted by atomic mass is 31.2. The predicted molar refractivity (Wildman–Crippen MR) is 238 cm³/mol. The molecule has 1 N–H and O–H groups in total. The Morgan fingerprint density at radius 2 is 1.04 bits per heavy atom. The van der Waals surface area contributed by atoms with Gasteiger partial charge in [0.15, 0.2) is 0 Å². The molecule has 0 radical (unpaired) electrons. The largest absolute Gasteiger partial charge is 0.472 e. The monoisotopic (exact) mass is 809 g/mol. The number of carbonyl (C=O) groups is 1. The van der Waals surface area contributed by atoms with E-state index in [0.29, 0.717) is 24.1 Å². The van der Waals surface area contributed by atoms with Crippen LogP contribution >= 0.6 is 7.82 Å². The van der Waals surface area contributed by atoms with Crippen molar-refractivity contribution in [3.63, 3.8) is 0 Å². The van der Waals surface area contributed by atoms with Crippen LogP contribution in [0, 0.1) is 0 Å². The normalized spacial score (nSPS) is 14.3. The smallest absolute Gasteiger partial charge is 0.457 e. The Balaban J connectivity index is 4.27. The lowest BCUT2D eigenvalue weighted by Crippen LogP contribution is -2.37. The lowest BCUT2D eigenvalue weighted by molar-refractivity contribution is -0.870. The van der Waals surface area contributed by atoms with E-state index in [1.807, 2.05) is 21.1 Å². The maximum atomic E-state index is 12.7. The number of phosphoric acid groups is 1. The lowest BCUT2D eigenvalue weighted by atomic mass is 10.1. The number of phosphoric ester groups is 1. The third-order valence-electron chi connectivity index (χ3n) is 9.31. The van der Waals surface area contributed by atoms with Gasteiger partial charge in [-0.15, -0.1) is 0 Å². The van der Waals surface area contributed by atoms with E-state index in [0.717, 1.165) is 70.6 Å². The summed E-state index contributed by atoms with van der Waals surface area (Å²) in [5.41, 5.74) is 0. The first-order chi connectivity index (χ1) is 27.1. The van der Waals surface area contributed by atoms with Crippen molar-refractivity contribution in [1.82, 2.24) is 0 Å². The second kappa shape index (κ2) is 40.0. The molecule has 0 saturated carbocycles. The Bertz CT molecular complexity index is 1080. The van der Waals surface area contributed by atoms with Crippen LogP contribution in [0.25, 0.3) is 0 Å². The minimum atomic E-state index is -4.28. The molecular weight excluding hydrogens is 721 g/mol. The number of rotatable bonds is 41. The van der Waals surface area contributed by atoms with E-state index < -0.39 is 13.9 Å². The fourth-order valence-corrected chi connectivity index (χ4v) is 6.57. The van der Waals surface area contributed by atoms with Crippen molar-refractivity contribution in [2.45, 2.75) is 180 Å². The van der Waals surface area contributed by atoms with E-state index in [-0.39, 0.29) is 25.8 Å². The topological polar surface area (TPSA) is 91.3 Å². The third-order valence-corrected chi connectivity index (χ3v) is 10.3. The summed E-state index contributed by atoms with van der Waals surface area (Å²) in [5, 5.41) is 0. The third kappa shape index (κ3) is 43.3. The first-order valence-electron chi connectivity index (χ1n) is 22.5. The molecule has 0 amide bonds. The van der Waals surface area contributed by atoms with Crippen LogP contribution in [0.2, 0.25) is 0 Å². The standard InChI is InChI=1S/C47H86NO7P/c1-6-8-10-12-14-16-18-20-22-24-26-28-30-32-34-36-38-40-47(49)55-46(45-54-56(50,51)53-43-41-48(3,4)5)44-52-42-39-37-35-33-31-29-27-25-23-21-19-17-15-13-11-9-7-2/h8,10,14,16-17,19-20,22-23,25,46H,6-7,9,11-13,15,18,21,24,26-45H2,1-5H3/p+1/b10-8-,16-14-,19-17-,22-20-,25-23-. The van der Waals surface area contributed by atoms with Gasteiger partial charge in [0.25, 0.3) is 0 Å². The molecule has 2 atom stereocenters. The van der Waals surface area contributed by atoms with Crippen molar-refractivity contribution in [3.05, 3.63) is 60.8 Å². The zero-order valence-electron chi connectivity index (χ0n) is 36.9. The molecule has 0 saturated heterocycles. The molecule has 8 nitrogen and oxygen atoms in total. The quantitative estimate of drug-likeness (QED) is 0.0216. The van der Waals surface area contributed by atoms with E-state index in [4.69, 9.17) is 18.5 Å². The molecule has 0 aliphatic rings. The zero-order chi connectivity index (χ0) is 41.3. The molecule has 56 heavy (non-hydrogen) atoms. The van der Waals surface area contributed by atoms with Crippen LogP contribution in [0.3, 0.4) is 0 Å². The molecule has 9 heteroatoms. The number of likely N-dealkylation sites (N-methyl/N-ethyl adjacent to an activating group) is 1. The van der Waals surface area contributed by atoms with Crippen LogP contribution in [0.15, 0.2) is 60.8 Å². The number of hydrogen-bond acceptors (Lipinski definition) is 6. The second-order valence-corrected chi connectivity index (χ2v) is 17.5. The number of nitrogens with zero attached hydrogens (tertiary/aromatic N) is 1. The summed E-state index contributed by atoms with van der Waals surface area (Å²) < 4.78 is 35.0. The summed E-state index contributed by atoms with van der Waals surface area (Å²) in [4.78, 5) is 22.9. The molecule has 0 aromatic heterocycles. The van der Waals surface area contributed by atoms with Crippen LogP contribution < -0.4 is 0 Å². The van der Waals surface area contributed by atoms with Crippen molar-refractivity contribution < 1.29 is 37.3 Å². The molecule has 2 unspecified atom stereocenters. The van der Waals surface area contributed by atoms with Gasteiger partial charge in [0, 0.05) is 13.0 Å². The molecule has 0 fully saturated rings. The molecule has 0 rings (SSSR count). The Kier molecular flexibility index (Phi) is 38.7. The average Bonchev–Trinajstić information content (AvgIpc) is 3.15. The number of quaternary nitrogens is 1. The van der Waals surface area contributed by atoms with Crippen LogP contribution in [0.4, 0.5) is 0 Å². The molecule has 0 aliphatic heterocycles. The van der Waals surface area contributed by atoms with Crippen molar-refractivity contribution in [2.24, 2.45) is 0 Å². The minimum absolute atomic E-state index is 0.0817. The zero-order valence-corrected chi connectivity index (χ0v) is 37.7. The van der Waals surface area contributed by atoms with Gasteiger partial charge < -0.3 is 18.9 Å². The summed E-state index contributed by atoms with van der Waals surface area (Å²) in [6, 6.07) is 0. The Hall–Kier alpha value is -1.80. The van der Waals surface area contributed by atoms with Crippen LogP contribution in [-0.4, -0.2) is 75.6 Å². The van der Waals surface area contributed by atoms with Gasteiger partial charge in [-0.1, -0.05) is 152 Å². The highest BCUT2D eigenvalue weighted by molar-refractivity contribution is 7.47. The van der Waals surface area contributed by atoms with E-state index in [2.05, 4.69) is 74.6 Å². The number of unbranched alkanes of at least 4 members (excludes halogenated alkanes) is 17. The van der Waals surface area contributed by atoms with E-state index in [1.54, 1.807) is 0 Å². The van der Waals surface area contributed by atoms with Gasteiger partial charge in [0.2, 0.25) is 0 Å². The first-order valence-corrected chi connectivity index (χ1v) is 24.0. The summed E-state index contributed by atoms with van der Waals surface area (Å²) in [6.07, 6.45) is 49.6. The molecule has 0 spiro atoms. The molecule has 0 aliphatic carbocycles. The second-order valence-electron chi connectivity index (χ2n) is 16.0. The highest BCUT2D eigenvalue weighted by Crippen LogP contribution is 2.43. The number of hydrogen-bond donors (Lipinski definition) is 1. The molecule has 0 aromatic rings. The van der Waals surface area contributed by atoms with Crippen LogP contribution in [-0.2, 0) is 27.9 Å². The fourth-order valence-electron chi connectivity index (χ4n) is 5.83. The van der Waals surface area contributed by atoms with Gasteiger partial charge in [0.1, 0.15) is 19.3 Å². The van der Waals surface area contributed by atoms with Gasteiger partial charge >= 0.3 is 13.8 Å². The molecule has 0 aromatic carbocycles. The highest BCUT2D eigenvalue weighted by Gasteiger charge is 2.26. The van der Waals surface area contributed by atoms with Gasteiger partial charge in [-0.05, 0) is 77.0 Å².